The molecule has 112 valence electrons. The van der Waals surface area contributed by atoms with Crippen molar-refractivity contribution in [2.75, 3.05) is 0 Å². The molecule has 0 radical (unpaired) electrons. The molecule has 4 rings (SSSR count). The van der Waals surface area contributed by atoms with Crippen LogP contribution in [0, 0.1) is 12.7 Å². The molecule has 0 aliphatic rings. The first-order valence-electron chi connectivity index (χ1n) is 7.38. The summed E-state index contributed by atoms with van der Waals surface area (Å²) in [4.78, 5) is 4.45. The molecule has 0 saturated carbocycles. The zero-order valence-corrected chi connectivity index (χ0v) is 12.6. The third kappa shape index (κ3) is 2.38. The van der Waals surface area contributed by atoms with Crippen molar-refractivity contribution < 1.29 is 4.39 Å². The van der Waals surface area contributed by atoms with E-state index in [-0.39, 0.29) is 5.82 Å². The van der Waals surface area contributed by atoms with Crippen molar-refractivity contribution in [3.8, 4) is 22.4 Å². The van der Waals surface area contributed by atoms with E-state index in [1.807, 2.05) is 10.6 Å². The van der Waals surface area contributed by atoms with Gasteiger partial charge in [0, 0.05) is 17.3 Å². The average Bonchev–Trinajstić information content (AvgIpc) is 3.00. The molecule has 23 heavy (non-hydrogen) atoms. The minimum Gasteiger partial charge on any atom is -0.236 e. The van der Waals surface area contributed by atoms with Gasteiger partial charge in [0.2, 0.25) is 0 Å². The summed E-state index contributed by atoms with van der Waals surface area (Å²) < 4.78 is 14.9. The highest BCUT2D eigenvalue weighted by atomic mass is 19.1. The molecule has 0 aliphatic carbocycles. The van der Waals surface area contributed by atoms with E-state index in [1.165, 1.54) is 17.7 Å². The van der Waals surface area contributed by atoms with Crippen LogP contribution in [0.5, 0.6) is 0 Å². The van der Waals surface area contributed by atoms with Crippen molar-refractivity contribution in [2.45, 2.75) is 6.92 Å². The number of benzene rings is 2. The van der Waals surface area contributed by atoms with Crippen LogP contribution in [-0.4, -0.2) is 14.6 Å². The molecule has 0 aliphatic heterocycles. The summed E-state index contributed by atoms with van der Waals surface area (Å²) in [7, 11) is 0. The Bertz CT molecular complexity index is 970. The van der Waals surface area contributed by atoms with E-state index in [4.69, 9.17) is 0 Å². The second kappa shape index (κ2) is 5.32. The van der Waals surface area contributed by atoms with E-state index >= 15 is 0 Å². The SMILES string of the molecule is Cc1ccc(-c2ccnc3c(-c4ccc(F)cc4)cnn23)cc1. The van der Waals surface area contributed by atoms with Crippen LogP contribution in [0.25, 0.3) is 28.0 Å². The van der Waals surface area contributed by atoms with Crippen LogP contribution in [-0.2, 0) is 0 Å². The summed E-state index contributed by atoms with van der Waals surface area (Å²) in [6.07, 6.45) is 3.55. The van der Waals surface area contributed by atoms with Gasteiger partial charge in [0.05, 0.1) is 11.9 Å². The molecule has 0 N–H and O–H groups in total. The molecule has 0 bridgehead atoms. The van der Waals surface area contributed by atoms with Crippen molar-refractivity contribution in [1.29, 1.82) is 0 Å². The number of halogens is 1. The largest absolute Gasteiger partial charge is 0.236 e. The highest BCUT2D eigenvalue weighted by Gasteiger charge is 2.11. The maximum absolute atomic E-state index is 13.1. The van der Waals surface area contributed by atoms with Crippen LogP contribution in [0.4, 0.5) is 4.39 Å². The van der Waals surface area contributed by atoms with E-state index in [0.29, 0.717) is 0 Å². The Balaban J connectivity index is 1.89. The lowest BCUT2D eigenvalue weighted by atomic mass is 10.1. The van der Waals surface area contributed by atoms with Crippen molar-refractivity contribution in [3.63, 3.8) is 0 Å². The van der Waals surface area contributed by atoms with E-state index in [9.17, 15) is 4.39 Å². The highest BCUT2D eigenvalue weighted by molar-refractivity contribution is 5.78. The Hall–Kier alpha value is -3.01. The summed E-state index contributed by atoms with van der Waals surface area (Å²) in [6.45, 7) is 2.06. The first kappa shape index (κ1) is 13.6. The van der Waals surface area contributed by atoms with Gasteiger partial charge in [-0.1, -0.05) is 42.0 Å². The minimum atomic E-state index is -0.251. The second-order valence-electron chi connectivity index (χ2n) is 5.50. The van der Waals surface area contributed by atoms with Crippen molar-refractivity contribution in [3.05, 3.63) is 78.4 Å². The third-order valence-electron chi connectivity index (χ3n) is 3.90. The lowest BCUT2D eigenvalue weighted by Crippen LogP contribution is -1.95. The molecular weight excluding hydrogens is 289 g/mol. The molecule has 0 spiro atoms. The number of rotatable bonds is 2. The molecule has 2 aromatic heterocycles. The van der Waals surface area contributed by atoms with Crippen LogP contribution in [0.15, 0.2) is 67.0 Å². The van der Waals surface area contributed by atoms with Gasteiger partial charge in [-0.05, 0) is 30.7 Å². The van der Waals surface area contributed by atoms with E-state index in [2.05, 4.69) is 41.3 Å². The molecule has 3 nitrogen and oxygen atoms in total. The van der Waals surface area contributed by atoms with Gasteiger partial charge in [-0.15, -0.1) is 0 Å². The van der Waals surface area contributed by atoms with Crippen LogP contribution in [0.2, 0.25) is 0 Å². The predicted octanol–water partition coefficient (Wildman–Crippen LogP) is 4.51. The Labute approximate surface area is 133 Å². The van der Waals surface area contributed by atoms with Gasteiger partial charge in [0.25, 0.3) is 0 Å². The Kier molecular flexibility index (Phi) is 3.15. The summed E-state index contributed by atoms with van der Waals surface area (Å²) >= 11 is 0. The predicted molar refractivity (Wildman–Crippen MR) is 88.6 cm³/mol. The number of aryl methyl sites for hydroxylation is 1. The molecule has 0 fully saturated rings. The molecule has 0 amide bonds. The van der Waals surface area contributed by atoms with Crippen LogP contribution in [0.3, 0.4) is 0 Å². The van der Waals surface area contributed by atoms with Crippen molar-refractivity contribution >= 4 is 5.65 Å². The number of aromatic nitrogens is 3. The number of nitrogens with zero attached hydrogens (tertiary/aromatic N) is 3. The normalized spacial score (nSPS) is 11.0. The van der Waals surface area contributed by atoms with Crippen LogP contribution in [0.1, 0.15) is 5.56 Å². The van der Waals surface area contributed by atoms with Crippen LogP contribution >= 0.6 is 0 Å². The fraction of sp³-hybridized carbons (Fsp3) is 0.0526. The molecule has 0 saturated heterocycles. The Morgan fingerprint density at radius 3 is 2.30 bits per heavy atom. The zero-order chi connectivity index (χ0) is 15.8. The first-order valence-corrected chi connectivity index (χ1v) is 7.38. The number of hydrogen-bond donors (Lipinski definition) is 0. The topological polar surface area (TPSA) is 30.2 Å². The molecule has 0 atom stereocenters. The summed E-state index contributed by atoms with van der Waals surface area (Å²) in [5.74, 6) is -0.251. The lowest BCUT2D eigenvalue weighted by molar-refractivity contribution is 0.628. The maximum Gasteiger partial charge on any atom is 0.163 e. The standard InChI is InChI=1S/C19H14FN3/c1-13-2-4-15(5-3-13)18-10-11-21-19-17(12-22-23(18)19)14-6-8-16(20)9-7-14/h2-12H,1H3. The summed E-state index contributed by atoms with van der Waals surface area (Å²) in [5.41, 5.74) is 5.82. The van der Waals surface area contributed by atoms with Crippen LogP contribution < -0.4 is 0 Å². The highest BCUT2D eigenvalue weighted by Crippen LogP contribution is 2.27. The van der Waals surface area contributed by atoms with Gasteiger partial charge in [-0.25, -0.2) is 13.9 Å². The van der Waals surface area contributed by atoms with E-state index < -0.39 is 0 Å². The molecule has 4 aromatic rings. The zero-order valence-electron chi connectivity index (χ0n) is 12.6. The van der Waals surface area contributed by atoms with Gasteiger partial charge < -0.3 is 0 Å². The summed E-state index contributed by atoms with van der Waals surface area (Å²) in [6, 6.07) is 16.6. The molecule has 2 aromatic carbocycles. The smallest absolute Gasteiger partial charge is 0.163 e. The van der Waals surface area contributed by atoms with Gasteiger partial charge in [-0.3, -0.25) is 0 Å². The average molecular weight is 303 g/mol. The van der Waals surface area contributed by atoms with Gasteiger partial charge in [0.15, 0.2) is 5.65 Å². The molecule has 4 heteroatoms. The van der Waals surface area contributed by atoms with Crippen molar-refractivity contribution in [2.24, 2.45) is 0 Å². The third-order valence-corrected chi connectivity index (χ3v) is 3.90. The Morgan fingerprint density at radius 1 is 0.870 bits per heavy atom. The monoisotopic (exact) mass is 303 g/mol. The van der Waals surface area contributed by atoms with Gasteiger partial charge in [0.1, 0.15) is 5.82 Å². The molecular formula is C19H14FN3. The van der Waals surface area contributed by atoms with Gasteiger partial charge >= 0.3 is 0 Å². The molecule has 2 heterocycles. The minimum absolute atomic E-state index is 0.251. The maximum atomic E-state index is 13.1. The fourth-order valence-electron chi connectivity index (χ4n) is 2.67. The summed E-state index contributed by atoms with van der Waals surface area (Å²) in [5, 5.41) is 4.48. The fourth-order valence-corrected chi connectivity index (χ4v) is 2.67. The lowest BCUT2D eigenvalue weighted by Gasteiger charge is -2.05. The first-order chi connectivity index (χ1) is 11.2. The quantitative estimate of drug-likeness (QED) is 0.545. The second-order valence-corrected chi connectivity index (χ2v) is 5.50. The number of hydrogen-bond acceptors (Lipinski definition) is 2. The van der Waals surface area contributed by atoms with E-state index in [1.54, 1.807) is 24.5 Å². The number of fused-ring (bicyclic) bond motifs is 1. The van der Waals surface area contributed by atoms with Gasteiger partial charge in [-0.2, -0.15) is 5.10 Å². The molecule has 0 unspecified atom stereocenters. The Morgan fingerprint density at radius 2 is 1.57 bits per heavy atom. The van der Waals surface area contributed by atoms with E-state index in [0.717, 1.165) is 28.0 Å². The van der Waals surface area contributed by atoms with Crippen molar-refractivity contribution in [1.82, 2.24) is 14.6 Å².